The highest BCUT2D eigenvalue weighted by molar-refractivity contribution is 5.07. The largest absolute Gasteiger partial charge is 0.348 e. The van der Waals surface area contributed by atoms with Crippen LogP contribution in [-0.2, 0) is 5.41 Å². The predicted molar refractivity (Wildman–Crippen MR) is 116 cm³/mol. The van der Waals surface area contributed by atoms with E-state index in [1.165, 1.54) is 11.4 Å². The van der Waals surface area contributed by atoms with E-state index in [1.54, 1.807) is 18.9 Å². The normalized spacial score (nSPS) is 10.1. The van der Waals surface area contributed by atoms with E-state index in [1.807, 2.05) is 18.6 Å². The van der Waals surface area contributed by atoms with Crippen LogP contribution < -0.4 is 0 Å². The minimum atomic E-state index is 0. The van der Waals surface area contributed by atoms with E-state index in [2.05, 4.69) is 78.4 Å². The molecule has 0 fully saturated rings. The molecule has 0 bridgehead atoms. The van der Waals surface area contributed by atoms with Crippen molar-refractivity contribution < 1.29 is 0 Å². The van der Waals surface area contributed by atoms with Gasteiger partial charge in [0.2, 0.25) is 0 Å². The number of aromatic amines is 3. The molecule has 0 unspecified atom stereocenters. The van der Waals surface area contributed by atoms with Crippen molar-refractivity contribution in [2.45, 2.75) is 80.6 Å². The first-order chi connectivity index (χ1) is 11.7. The molecule has 27 heavy (non-hydrogen) atoms. The van der Waals surface area contributed by atoms with E-state index in [4.69, 9.17) is 0 Å². The topological polar surface area (TPSA) is 86.0 Å². The summed E-state index contributed by atoms with van der Waals surface area (Å²) in [4.78, 5) is 21.0. The number of hydrogen-bond donors (Lipinski definition) is 3. The molecule has 3 heterocycles. The van der Waals surface area contributed by atoms with Crippen LogP contribution in [0.3, 0.4) is 0 Å². The molecule has 6 heteroatoms. The van der Waals surface area contributed by atoms with Gasteiger partial charge < -0.3 is 15.0 Å². The van der Waals surface area contributed by atoms with E-state index < -0.39 is 0 Å². The highest BCUT2D eigenvalue weighted by Gasteiger charge is 2.13. The molecule has 0 aromatic carbocycles. The number of nitrogens with zero attached hydrogens (tertiary/aromatic N) is 3. The Morgan fingerprint density at radius 2 is 1.41 bits per heavy atom. The van der Waals surface area contributed by atoms with Crippen LogP contribution in [0.25, 0.3) is 0 Å². The smallest absolute Gasteiger partial charge is 0.108 e. The van der Waals surface area contributed by atoms with Gasteiger partial charge in [0.15, 0.2) is 0 Å². The second-order valence-corrected chi connectivity index (χ2v) is 7.51. The van der Waals surface area contributed by atoms with Crippen LogP contribution >= 0.6 is 0 Å². The molecule has 0 atom stereocenters. The zero-order valence-corrected chi connectivity index (χ0v) is 16.5. The lowest BCUT2D eigenvalue weighted by atomic mass is 9.93. The van der Waals surface area contributed by atoms with E-state index in [0.717, 1.165) is 5.82 Å². The van der Waals surface area contributed by atoms with Gasteiger partial charge in [-0.2, -0.15) is 0 Å². The van der Waals surface area contributed by atoms with Crippen LogP contribution in [0, 0.1) is 0 Å². The Hall–Kier alpha value is -2.37. The minimum absolute atomic E-state index is 0. The fourth-order valence-corrected chi connectivity index (χ4v) is 1.84. The zero-order chi connectivity index (χ0) is 18.9. The fraction of sp³-hybridized carbons (Fsp3) is 0.571. The van der Waals surface area contributed by atoms with Crippen LogP contribution in [-0.4, -0.2) is 29.9 Å². The molecular formula is C21H40N6. The van der Waals surface area contributed by atoms with E-state index in [9.17, 15) is 0 Å². The van der Waals surface area contributed by atoms with Gasteiger partial charge in [-0.3, -0.25) is 0 Å². The second-order valence-electron chi connectivity index (χ2n) is 7.51. The van der Waals surface area contributed by atoms with Gasteiger partial charge in [-0.1, -0.05) is 63.3 Å². The Kier molecular flexibility index (Phi) is 12.8. The van der Waals surface area contributed by atoms with E-state index in [-0.39, 0.29) is 20.3 Å². The van der Waals surface area contributed by atoms with Crippen molar-refractivity contribution in [2.75, 3.05) is 0 Å². The number of nitrogens with one attached hydrogen (secondary N) is 3. The van der Waals surface area contributed by atoms with Crippen LogP contribution in [0.15, 0.2) is 37.4 Å². The summed E-state index contributed by atoms with van der Waals surface area (Å²) in [5.41, 5.74) is 2.59. The standard InChI is InChI=1S/C7H12N2.2C6H10N2.2CH4/c1-7(2,3)6-4-8-5-9-6;1-5(2)6-3-7-4-8-6;1-5(2)6-7-3-4-8-6;;/h4-5H,1-3H3,(H,8,9);2*3-5H,1-2H3,(H,7,8);2*1H4. The Morgan fingerprint density at radius 1 is 0.815 bits per heavy atom. The van der Waals surface area contributed by atoms with Crippen LogP contribution in [0.1, 0.15) is 92.4 Å². The summed E-state index contributed by atoms with van der Waals surface area (Å²) >= 11 is 0. The first-order valence-corrected chi connectivity index (χ1v) is 8.68. The molecule has 0 aliphatic heterocycles. The molecule has 3 rings (SSSR count). The van der Waals surface area contributed by atoms with Gasteiger partial charge in [-0.15, -0.1) is 0 Å². The average Bonchev–Trinajstić information content (AvgIpc) is 3.28. The van der Waals surface area contributed by atoms with Crippen molar-refractivity contribution in [3.8, 4) is 0 Å². The molecular weight excluding hydrogens is 336 g/mol. The Bertz CT molecular complexity index is 606. The molecule has 0 amide bonds. The second kappa shape index (κ2) is 12.9. The molecule has 0 saturated carbocycles. The van der Waals surface area contributed by atoms with Gasteiger partial charge >= 0.3 is 0 Å². The van der Waals surface area contributed by atoms with Gasteiger partial charge in [0.05, 0.1) is 12.7 Å². The fourth-order valence-electron chi connectivity index (χ4n) is 1.84. The number of aromatic nitrogens is 6. The van der Waals surface area contributed by atoms with Gasteiger partial charge in [0.1, 0.15) is 5.82 Å². The summed E-state index contributed by atoms with van der Waals surface area (Å²) < 4.78 is 0. The van der Waals surface area contributed by atoms with Crippen molar-refractivity contribution >= 4 is 0 Å². The third-order valence-electron chi connectivity index (χ3n) is 3.51. The molecule has 0 radical (unpaired) electrons. The monoisotopic (exact) mass is 376 g/mol. The summed E-state index contributed by atoms with van der Waals surface area (Å²) in [5.74, 6) is 2.15. The zero-order valence-electron chi connectivity index (χ0n) is 16.5. The number of H-pyrrole nitrogens is 3. The molecule has 154 valence electrons. The SMILES string of the molecule is C.C.CC(C)(C)c1cnc[nH]1.CC(C)c1cnc[nH]1.CC(C)c1ncc[nH]1. The maximum Gasteiger partial charge on any atom is 0.108 e. The lowest BCUT2D eigenvalue weighted by molar-refractivity contribution is 0.572. The van der Waals surface area contributed by atoms with Crippen molar-refractivity contribution in [2.24, 2.45) is 0 Å². The third kappa shape index (κ3) is 10.4. The van der Waals surface area contributed by atoms with Gasteiger partial charge in [0.25, 0.3) is 0 Å². The summed E-state index contributed by atoms with van der Waals surface area (Å²) in [6.45, 7) is 14.9. The number of hydrogen-bond acceptors (Lipinski definition) is 3. The quantitative estimate of drug-likeness (QED) is 0.509. The van der Waals surface area contributed by atoms with Crippen LogP contribution in [0.4, 0.5) is 0 Å². The maximum absolute atomic E-state index is 4.06. The van der Waals surface area contributed by atoms with Crippen molar-refractivity contribution in [1.29, 1.82) is 0 Å². The van der Waals surface area contributed by atoms with Crippen molar-refractivity contribution in [3.63, 3.8) is 0 Å². The minimum Gasteiger partial charge on any atom is -0.348 e. The Balaban J connectivity index is 0. The lowest BCUT2D eigenvalue weighted by Gasteiger charge is -2.14. The van der Waals surface area contributed by atoms with Crippen LogP contribution in [0.2, 0.25) is 0 Å². The summed E-state index contributed by atoms with van der Waals surface area (Å²) in [7, 11) is 0. The first kappa shape index (κ1) is 26.9. The maximum atomic E-state index is 4.06. The van der Waals surface area contributed by atoms with Gasteiger partial charge in [0, 0.05) is 47.5 Å². The summed E-state index contributed by atoms with van der Waals surface area (Å²) in [6.07, 6.45) is 10.7. The van der Waals surface area contributed by atoms with Crippen molar-refractivity contribution in [1.82, 2.24) is 29.9 Å². The van der Waals surface area contributed by atoms with Crippen LogP contribution in [0.5, 0.6) is 0 Å². The first-order valence-electron chi connectivity index (χ1n) is 8.68. The third-order valence-corrected chi connectivity index (χ3v) is 3.51. The van der Waals surface area contributed by atoms with Gasteiger partial charge in [-0.05, 0) is 5.92 Å². The van der Waals surface area contributed by atoms with Gasteiger partial charge in [-0.25, -0.2) is 15.0 Å². The van der Waals surface area contributed by atoms with E-state index >= 15 is 0 Å². The number of rotatable bonds is 2. The molecule has 0 aliphatic carbocycles. The highest BCUT2D eigenvalue weighted by Crippen LogP contribution is 2.17. The summed E-state index contributed by atoms with van der Waals surface area (Å²) in [5, 5.41) is 0. The molecule has 3 N–H and O–H groups in total. The van der Waals surface area contributed by atoms with E-state index in [0.29, 0.717) is 11.8 Å². The number of imidazole rings is 3. The molecule has 0 aliphatic rings. The molecule has 0 spiro atoms. The average molecular weight is 377 g/mol. The lowest BCUT2D eigenvalue weighted by Crippen LogP contribution is -2.10. The predicted octanol–water partition coefficient (Wildman–Crippen LogP) is 6.05. The molecule has 6 nitrogen and oxygen atoms in total. The molecule has 3 aromatic rings. The Morgan fingerprint density at radius 3 is 1.63 bits per heavy atom. The molecule has 0 saturated heterocycles. The highest BCUT2D eigenvalue weighted by atomic mass is 14.9. The molecule has 3 aromatic heterocycles. The van der Waals surface area contributed by atoms with Crippen molar-refractivity contribution in [3.05, 3.63) is 54.7 Å². The summed E-state index contributed by atoms with van der Waals surface area (Å²) in [6, 6.07) is 0. The Labute approximate surface area is 165 Å².